The molecule has 17 heavy (non-hydrogen) atoms. The summed E-state index contributed by atoms with van der Waals surface area (Å²) in [5.74, 6) is -0.508. The van der Waals surface area contributed by atoms with Crippen molar-refractivity contribution in [3.05, 3.63) is 22.8 Å². The number of halogens is 1. The quantitative estimate of drug-likeness (QED) is 0.650. The van der Waals surface area contributed by atoms with Gasteiger partial charge in [0.1, 0.15) is 5.82 Å². The Kier molecular flexibility index (Phi) is 5.72. The van der Waals surface area contributed by atoms with Crippen LogP contribution in [-0.4, -0.2) is 35.7 Å². The van der Waals surface area contributed by atoms with Gasteiger partial charge in [0.25, 0.3) is 0 Å². The van der Waals surface area contributed by atoms with Crippen molar-refractivity contribution in [1.29, 1.82) is 0 Å². The van der Waals surface area contributed by atoms with Gasteiger partial charge in [0.05, 0.1) is 10.6 Å². The first kappa shape index (κ1) is 13.7. The molecule has 1 aromatic heterocycles. The lowest BCUT2D eigenvalue weighted by Crippen LogP contribution is -2.17. The maximum absolute atomic E-state index is 10.7. The number of carbonyl (C=O) groups is 1. The molecule has 0 fully saturated rings. The Morgan fingerprint density at radius 3 is 2.88 bits per heavy atom. The van der Waals surface area contributed by atoms with Gasteiger partial charge in [-0.2, -0.15) is 0 Å². The fourth-order valence-corrected chi connectivity index (χ4v) is 1.52. The normalized spacial score (nSPS) is 10.2. The van der Waals surface area contributed by atoms with Crippen LogP contribution >= 0.6 is 11.6 Å². The average Bonchev–Trinajstić information content (AvgIpc) is 2.30. The zero-order valence-electron chi connectivity index (χ0n) is 9.66. The Hall–Kier alpha value is -1.33. The molecule has 0 radical (unpaired) electrons. The number of nitrogens with zero attached hydrogens (tertiary/aromatic N) is 1. The van der Waals surface area contributed by atoms with E-state index in [0.29, 0.717) is 10.8 Å². The van der Waals surface area contributed by atoms with Crippen molar-refractivity contribution in [2.24, 2.45) is 0 Å². The average molecular weight is 258 g/mol. The predicted octanol–water partition coefficient (Wildman–Crippen LogP) is 1.84. The number of hydrogen-bond donors (Lipinski definition) is 3. The second kappa shape index (κ2) is 7.09. The molecule has 0 saturated carbocycles. The van der Waals surface area contributed by atoms with Gasteiger partial charge < -0.3 is 15.7 Å². The van der Waals surface area contributed by atoms with Crippen molar-refractivity contribution in [2.45, 2.75) is 13.3 Å². The van der Waals surface area contributed by atoms with Crippen LogP contribution < -0.4 is 10.6 Å². The lowest BCUT2D eigenvalue weighted by molar-refractivity contribution is 0.0696. The SMILES string of the molecule is CCNCCCNc1ncc(C(=O)O)cc1Cl. The van der Waals surface area contributed by atoms with Crippen LogP contribution in [0.5, 0.6) is 0 Å². The third-order valence-electron chi connectivity index (χ3n) is 2.16. The van der Waals surface area contributed by atoms with E-state index in [1.807, 2.05) is 0 Å². The van der Waals surface area contributed by atoms with E-state index in [4.69, 9.17) is 16.7 Å². The smallest absolute Gasteiger partial charge is 0.337 e. The largest absolute Gasteiger partial charge is 0.478 e. The molecule has 0 amide bonds. The molecule has 0 spiro atoms. The molecule has 0 aliphatic rings. The molecule has 0 aliphatic heterocycles. The molecule has 0 aliphatic carbocycles. The number of carboxylic acid groups (broad SMARTS) is 1. The third kappa shape index (κ3) is 4.58. The highest BCUT2D eigenvalue weighted by Gasteiger charge is 2.07. The molecule has 0 bridgehead atoms. The van der Waals surface area contributed by atoms with Crippen LogP contribution in [0.2, 0.25) is 5.02 Å². The highest BCUT2D eigenvalue weighted by molar-refractivity contribution is 6.33. The Bertz CT molecular complexity index is 385. The standard InChI is InChI=1S/C11H16ClN3O2/c1-2-13-4-3-5-14-10-9(12)6-8(7-15-10)11(16)17/h6-7,13H,2-5H2,1H3,(H,14,15)(H,16,17). The number of hydrogen-bond acceptors (Lipinski definition) is 4. The zero-order valence-corrected chi connectivity index (χ0v) is 10.4. The second-order valence-corrected chi connectivity index (χ2v) is 3.90. The minimum absolute atomic E-state index is 0.0909. The first-order valence-electron chi connectivity index (χ1n) is 5.48. The van der Waals surface area contributed by atoms with Crippen molar-refractivity contribution in [3.8, 4) is 0 Å². The van der Waals surface area contributed by atoms with E-state index in [0.717, 1.165) is 26.1 Å². The summed E-state index contributed by atoms with van der Waals surface area (Å²) in [7, 11) is 0. The summed E-state index contributed by atoms with van der Waals surface area (Å²) in [5, 5.41) is 15.3. The molecule has 0 aromatic carbocycles. The van der Waals surface area contributed by atoms with Crippen LogP contribution in [0, 0.1) is 0 Å². The Morgan fingerprint density at radius 2 is 2.29 bits per heavy atom. The van der Waals surface area contributed by atoms with Crippen molar-refractivity contribution in [3.63, 3.8) is 0 Å². The Balaban J connectivity index is 2.46. The van der Waals surface area contributed by atoms with Gasteiger partial charge in [-0.15, -0.1) is 0 Å². The number of aromatic nitrogens is 1. The highest BCUT2D eigenvalue weighted by atomic mass is 35.5. The van der Waals surface area contributed by atoms with E-state index in [-0.39, 0.29) is 5.56 Å². The summed E-state index contributed by atoms with van der Waals surface area (Å²) in [5.41, 5.74) is 0.0909. The van der Waals surface area contributed by atoms with Crippen LogP contribution in [-0.2, 0) is 0 Å². The van der Waals surface area contributed by atoms with Crippen LogP contribution in [0.1, 0.15) is 23.7 Å². The van der Waals surface area contributed by atoms with E-state index in [1.54, 1.807) is 0 Å². The summed E-state index contributed by atoms with van der Waals surface area (Å²) in [6.07, 6.45) is 2.24. The third-order valence-corrected chi connectivity index (χ3v) is 2.45. The molecule has 94 valence electrons. The molecule has 1 aromatic rings. The number of aromatic carboxylic acids is 1. The topological polar surface area (TPSA) is 74.2 Å². The lowest BCUT2D eigenvalue weighted by Gasteiger charge is -2.07. The van der Waals surface area contributed by atoms with E-state index in [1.165, 1.54) is 12.3 Å². The predicted molar refractivity (Wildman–Crippen MR) is 67.9 cm³/mol. The Morgan fingerprint density at radius 1 is 1.53 bits per heavy atom. The van der Waals surface area contributed by atoms with Crippen molar-refractivity contribution in [2.75, 3.05) is 25.0 Å². The highest BCUT2D eigenvalue weighted by Crippen LogP contribution is 2.19. The molecule has 0 unspecified atom stereocenters. The molecular formula is C11H16ClN3O2. The van der Waals surface area contributed by atoms with Gasteiger partial charge in [0, 0.05) is 12.7 Å². The number of rotatable bonds is 7. The molecule has 6 heteroatoms. The second-order valence-electron chi connectivity index (χ2n) is 3.49. The molecule has 1 rings (SSSR count). The first-order valence-corrected chi connectivity index (χ1v) is 5.86. The van der Waals surface area contributed by atoms with E-state index >= 15 is 0 Å². The molecule has 3 N–H and O–H groups in total. The van der Waals surface area contributed by atoms with Crippen LogP contribution in [0.25, 0.3) is 0 Å². The molecule has 0 atom stereocenters. The molecular weight excluding hydrogens is 242 g/mol. The summed E-state index contributed by atoms with van der Waals surface area (Å²) in [4.78, 5) is 14.6. The summed E-state index contributed by atoms with van der Waals surface area (Å²) in [6.45, 7) is 4.67. The summed E-state index contributed by atoms with van der Waals surface area (Å²) >= 11 is 5.91. The van der Waals surface area contributed by atoms with Gasteiger partial charge in [-0.3, -0.25) is 0 Å². The minimum Gasteiger partial charge on any atom is -0.478 e. The molecule has 0 saturated heterocycles. The number of anilines is 1. The fourth-order valence-electron chi connectivity index (χ4n) is 1.28. The van der Waals surface area contributed by atoms with Gasteiger partial charge >= 0.3 is 5.97 Å². The van der Waals surface area contributed by atoms with Crippen LogP contribution in [0.3, 0.4) is 0 Å². The molecule has 5 nitrogen and oxygen atoms in total. The van der Waals surface area contributed by atoms with Crippen LogP contribution in [0.4, 0.5) is 5.82 Å². The van der Waals surface area contributed by atoms with Gasteiger partial charge in [0.2, 0.25) is 0 Å². The summed E-state index contributed by atoms with van der Waals surface area (Å²) < 4.78 is 0. The lowest BCUT2D eigenvalue weighted by atomic mass is 10.3. The maximum Gasteiger partial charge on any atom is 0.337 e. The molecule has 1 heterocycles. The van der Waals surface area contributed by atoms with Gasteiger partial charge in [0.15, 0.2) is 0 Å². The maximum atomic E-state index is 10.7. The van der Waals surface area contributed by atoms with Crippen molar-refractivity contribution >= 4 is 23.4 Å². The summed E-state index contributed by atoms with van der Waals surface area (Å²) in [6, 6.07) is 1.39. The van der Waals surface area contributed by atoms with Crippen LogP contribution in [0.15, 0.2) is 12.3 Å². The van der Waals surface area contributed by atoms with E-state index in [9.17, 15) is 4.79 Å². The zero-order chi connectivity index (χ0) is 12.7. The first-order chi connectivity index (χ1) is 8.15. The number of pyridine rings is 1. The van der Waals surface area contributed by atoms with Gasteiger partial charge in [-0.1, -0.05) is 18.5 Å². The van der Waals surface area contributed by atoms with Gasteiger partial charge in [-0.05, 0) is 25.6 Å². The fraction of sp³-hybridized carbons (Fsp3) is 0.455. The van der Waals surface area contributed by atoms with Gasteiger partial charge in [-0.25, -0.2) is 9.78 Å². The monoisotopic (exact) mass is 257 g/mol. The van der Waals surface area contributed by atoms with E-state index < -0.39 is 5.97 Å². The minimum atomic E-state index is -1.03. The van der Waals surface area contributed by atoms with Crippen molar-refractivity contribution < 1.29 is 9.90 Å². The Labute approximate surface area is 105 Å². The number of carboxylic acids is 1. The van der Waals surface area contributed by atoms with Crippen molar-refractivity contribution in [1.82, 2.24) is 10.3 Å². The van der Waals surface area contributed by atoms with E-state index in [2.05, 4.69) is 22.5 Å². The number of nitrogens with one attached hydrogen (secondary N) is 2.